The van der Waals surface area contributed by atoms with Crippen LogP contribution in [-0.4, -0.2) is 37.6 Å². The first-order chi connectivity index (χ1) is 11.3. The Balaban J connectivity index is 0.00000312. The van der Waals surface area contributed by atoms with E-state index in [2.05, 4.69) is 20.2 Å². The highest BCUT2D eigenvalue weighted by Gasteiger charge is 2.16. The molecule has 1 amide bonds. The van der Waals surface area contributed by atoms with Crippen molar-refractivity contribution in [1.29, 1.82) is 0 Å². The van der Waals surface area contributed by atoms with Crippen molar-refractivity contribution in [2.45, 2.75) is 24.7 Å². The lowest BCUT2D eigenvalue weighted by Gasteiger charge is -2.08. The predicted molar refractivity (Wildman–Crippen MR) is 98.6 cm³/mol. The second-order valence-electron chi connectivity index (χ2n) is 5.53. The van der Waals surface area contributed by atoms with Gasteiger partial charge in [0.15, 0.2) is 5.69 Å². The molecule has 0 aliphatic carbocycles. The van der Waals surface area contributed by atoms with Crippen molar-refractivity contribution in [3.63, 3.8) is 0 Å². The van der Waals surface area contributed by atoms with Crippen LogP contribution < -0.4 is 15.8 Å². The number of amides is 1. The third-order valence-corrected chi connectivity index (χ3v) is 4.75. The Labute approximate surface area is 153 Å². The minimum absolute atomic E-state index is 0. The normalized spacial score (nSPS) is 11.2. The number of aromatic nitrogens is 2. The molecule has 8 nitrogen and oxygen atoms in total. The maximum atomic E-state index is 12.2. The summed E-state index contributed by atoms with van der Waals surface area (Å²) in [5, 5.41) is 9.41. The molecule has 0 fully saturated rings. The van der Waals surface area contributed by atoms with Gasteiger partial charge in [-0.05, 0) is 30.2 Å². The van der Waals surface area contributed by atoms with Gasteiger partial charge in [-0.15, -0.1) is 12.4 Å². The molecule has 0 atom stereocenters. The zero-order valence-electron chi connectivity index (χ0n) is 13.9. The molecular weight excluding hydrogens is 366 g/mol. The van der Waals surface area contributed by atoms with E-state index in [1.54, 1.807) is 18.2 Å². The van der Waals surface area contributed by atoms with E-state index in [0.29, 0.717) is 5.69 Å². The van der Waals surface area contributed by atoms with E-state index in [1.165, 1.54) is 12.1 Å². The van der Waals surface area contributed by atoms with Gasteiger partial charge in [0.1, 0.15) is 0 Å². The third-order valence-electron chi connectivity index (χ3n) is 3.29. The molecule has 5 N–H and O–H groups in total. The summed E-state index contributed by atoms with van der Waals surface area (Å²) in [6.45, 7) is 4.31. The highest BCUT2D eigenvalue weighted by atomic mass is 35.5. The topological polar surface area (TPSA) is 130 Å². The molecule has 0 saturated carbocycles. The van der Waals surface area contributed by atoms with E-state index in [-0.39, 0.29) is 42.0 Å². The summed E-state index contributed by atoms with van der Waals surface area (Å²) >= 11 is 0. The summed E-state index contributed by atoms with van der Waals surface area (Å²) in [7, 11) is -3.66. The van der Waals surface area contributed by atoms with Crippen molar-refractivity contribution in [1.82, 2.24) is 14.9 Å². The fourth-order valence-electron chi connectivity index (χ4n) is 1.96. The summed E-state index contributed by atoms with van der Waals surface area (Å²) in [5.41, 5.74) is 6.76. The van der Waals surface area contributed by atoms with Crippen molar-refractivity contribution in [3.05, 3.63) is 41.7 Å². The molecule has 1 aromatic carbocycles. The Hall–Kier alpha value is -1.94. The van der Waals surface area contributed by atoms with Gasteiger partial charge in [0, 0.05) is 24.5 Å². The second kappa shape index (κ2) is 8.95. The first-order valence-electron chi connectivity index (χ1n) is 7.50. The number of benzene rings is 1. The summed E-state index contributed by atoms with van der Waals surface area (Å²) in [6, 6.07) is 7.66. The molecule has 2 rings (SSSR count). The van der Waals surface area contributed by atoms with E-state index in [4.69, 9.17) is 5.73 Å². The van der Waals surface area contributed by atoms with Gasteiger partial charge in [0.25, 0.3) is 5.91 Å². The number of carbonyl (C=O) groups is 1. The van der Waals surface area contributed by atoms with Gasteiger partial charge in [-0.3, -0.25) is 9.89 Å². The standard InChI is InChI=1S/C15H21N5O3S.ClH/c1-10(2)13-9-14(20-19-13)15(21)18-11-4-3-5-12(8-11)24(22,23)17-7-6-16;/h3-5,8-10,17H,6-7,16H2,1-2H3,(H,18,21)(H,19,20);1H. The van der Waals surface area contributed by atoms with Crippen molar-refractivity contribution in [2.75, 3.05) is 18.4 Å². The SMILES string of the molecule is CC(C)c1cc(C(=O)Nc2cccc(S(=O)(=O)NCCN)c2)n[nH]1.Cl. The van der Waals surface area contributed by atoms with Gasteiger partial charge in [0.05, 0.1) is 4.90 Å². The number of rotatable bonds is 7. The van der Waals surface area contributed by atoms with Crippen molar-refractivity contribution < 1.29 is 13.2 Å². The minimum Gasteiger partial charge on any atom is -0.329 e. The van der Waals surface area contributed by atoms with E-state index in [0.717, 1.165) is 5.69 Å². The van der Waals surface area contributed by atoms with Crippen LogP contribution in [0.25, 0.3) is 0 Å². The molecule has 0 spiro atoms. The Morgan fingerprint density at radius 2 is 2.04 bits per heavy atom. The Morgan fingerprint density at radius 3 is 2.64 bits per heavy atom. The van der Waals surface area contributed by atoms with Crippen LogP contribution in [-0.2, 0) is 10.0 Å². The molecule has 0 aliphatic heterocycles. The van der Waals surface area contributed by atoms with Crippen molar-refractivity contribution >= 4 is 34.0 Å². The smallest absolute Gasteiger partial charge is 0.276 e. The average Bonchev–Trinajstić information content (AvgIpc) is 3.03. The first kappa shape index (κ1) is 21.1. The van der Waals surface area contributed by atoms with Gasteiger partial charge in [-0.1, -0.05) is 19.9 Å². The molecular formula is C15H22ClN5O3S. The third kappa shape index (κ3) is 5.53. The van der Waals surface area contributed by atoms with Crippen LogP contribution in [0, 0.1) is 0 Å². The number of aromatic amines is 1. The molecule has 25 heavy (non-hydrogen) atoms. The molecule has 2 aromatic rings. The number of halogens is 1. The summed E-state index contributed by atoms with van der Waals surface area (Å²) in [4.78, 5) is 12.3. The Bertz CT molecular complexity index is 820. The maximum absolute atomic E-state index is 12.2. The lowest BCUT2D eigenvalue weighted by Crippen LogP contribution is -2.29. The highest BCUT2D eigenvalue weighted by Crippen LogP contribution is 2.17. The molecule has 1 aromatic heterocycles. The van der Waals surface area contributed by atoms with Gasteiger partial charge >= 0.3 is 0 Å². The number of carbonyl (C=O) groups excluding carboxylic acids is 1. The monoisotopic (exact) mass is 387 g/mol. The zero-order valence-corrected chi connectivity index (χ0v) is 15.6. The van der Waals surface area contributed by atoms with Crippen molar-refractivity contribution in [3.8, 4) is 0 Å². The summed E-state index contributed by atoms with van der Waals surface area (Å²) in [6.07, 6.45) is 0. The minimum atomic E-state index is -3.66. The number of nitrogens with one attached hydrogen (secondary N) is 3. The lowest BCUT2D eigenvalue weighted by atomic mass is 10.1. The van der Waals surface area contributed by atoms with E-state index in [9.17, 15) is 13.2 Å². The predicted octanol–water partition coefficient (Wildman–Crippen LogP) is 1.44. The molecule has 0 unspecified atom stereocenters. The largest absolute Gasteiger partial charge is 0.329 e. The van der Waals surface area contributed by atoms with E-state index in [1.807, 2.05) is 13.8 Å². The summed E-state index contributed by atoms with van der Waals surface area (Å²) in [5.74, 6) is -0.191. The fourth-order valence-corrected chi connectivity index (χ4v) is 3.05. The maximum Gasteiger partial charge on any atom is 0.276 e. The van der Waals surface area contributed by atoms with Gasteiger partial charge < -0.3 is 11.1 Å². The molecule has 0 saturated heterocycles. The molecule has 10 heteroatoms. The lowest BCUT2D eigenvalue weighted by molar-refractivity contribution is 0.102. The van der Waals surface area contributed by atoms with E-state index < -0.39 is 15.9 Å². The Kier molecular flexibility index (Phi) is 7.56. The first-order valence-corrected chi connectivity index (χ1v) is 8.98. The highest BCUT2D eigenvalue weighted by molar-refractivity contribution is 7.89. The van der Waals surface area contributed by atoms with Crippen molar-refractivity contribution in [2.24, 2.45) is 5.73 Å². The number of anilines is 1. The van der Waals surface area contributed by atoms with Crippen LogP contribution in [0.3, 0.4) is 0 Å². The summed E-state index contributed by atoms with van der Waals surface area (Å²) < 4.78 is 26.5. The van der Waals surface area contributed by atoms with Crippen LogP contribution in [0.15, 0.2) is 35.2 Å². The van der Waals surface area contributed by atoms with Gasteiger partial charge in [-0.25, -0.2) is 13.1 Å². The van der Waals surface area contributed by atoms with Gasteiger partial charge in [0.2, 0.25) is 10.0 Å². The molecule has 138 valence electrons. The quantitative estimate of drug-likeness (QED) is 0.571. The number of H-pyrrole nitrogens is 1. The van der Waals surface area contributed by atoms with Crippen LogP contribution in [0.2, 0.25) is 0 Å². The second-order valence-corrected chi connectivity index (χ2v) is 7.30. The number of hydrogen-bond donors (Lipinski definition) is 4. The van der Waals surface area contributed by atoms with Crippen LogP contribution in [0.1, 0.15) is 35.9 Å². The fraction of sp³-hybridized carbons (Fsp3) is 0.333. The number of hydrogen-bond acceptors (Lipinski definition) is 5. The Morgan fingerprint density at radius 1 is 1.32 bits per heavy atom. The average molecular weight is 388 g/mol. The molecule has 0 radical (unpaired) electrons. The number of sulfonamides is 1. The van der Waals surface area contributed by atoms with E-state index >= 15 is 0 Å². The van der Waals surface area contributed by atoms with Gasteiger partial charge in [-0.2, -0.15) is 5.10 Å². The molecule has 1 heterocycles. The zero-order chi connectivity index (χ0) is 17.7. The van der Waals surface area contributed by atoms with Crippen LogP contribution in [0.4, 0.5) is 5.69 Å². The molecule has 0 bridgehead atoms. The van der Waals surface area contributed by atoms with Crippen LogP contribution in [0.5, 0.6) is 0 Å². The molecule has 0 aliphatic rings. The van der Waals surface area contributed by atoms with Crippen LogP contribution >= 0.6 is 12.4 Å². The number of nitrogens with zero attached hydrogens (tertiary/aromatic N) is 1. The number of nitrogens with two attached hydrogens (primary N) is 1.